The molecule has 3 N–H and O–H groups in total. The zero-order valence-electron chi connectivity index (χ0n) is 10.8. The Morgan fingerprint density at radius 3 is 2.24 bits per heavy atom. The van der Waals surface area contributed by atoms with E-state index in [9.17, 15) is 18.0 Å². The maximum atomic E-state index is 12.4. The summed E-state index contributed by atoms with van der Waals surface area (Å²) in [6.07, 6.45) is -0.196. The minimum absolute atomic E-state index is 0.0773. The summed E-state index contributed by atoms with van der Waals surface area (Å²) in [5.74, 6) is -1.01. The number of imide groups is 1. The molecule has 1 unspecified atom stereocenters. The summed E-state index contributed by atoms with van der Waals surface area (Å²) >= 11 is 6.26. The topological polar surface area (TPSA) is 110 Å². The van der Waals surface area contributed by atoms with Crippen molar-refractivity contribution in [2.75, 3.05) is 12.8 Å². The molecule has 0 aliphatic carbocycles. The van der Waals surface area contributed by atoms with Crippen LogP contribution in [0.4, 0.5) is 5.69 Å². The third-order valence-electron chi connectivity index (χ3n) is 2.97. The molecule has 2 rings (SSSR count). The second-order valence-electron chi connectivity index (χ2n) is 4.48. The first-order valence-corrected chi connectivity index (χ1v) is 8.77. The SMILES string of the molecule is CN1C(=O)CC(NS(=O)(=O)c2c(Br)cc(N)cc2Br)C1=O. The van der Waals surface area contributed by atoms with Crippen molar-refractivity contribution in [3.8, 4) is 0 Å². The summed E-state index contributed by atoms with van der Waals surface area (Å²) in [7, 11) is -2.69. The third-order valence-corrected chi connectivity index (χ3v) is 6.32. The summed E-state index contributed by atoms with van der Waals surface area (Å²) in [4.78, 5) is 24.0. The zero-order valence-corrected chi connectivity index (χ0v) is 14.7. The van der Waals surface area contributed by atoms with Gasteiger partial charge in [0.1, 0.15) is 10.9 Å². The molecule has 1 aromatic rings. The van der Waals surface area contributed by atoms with E-state index in [0.29, 0.717) is 5.69 Å². The molecule has 21 heavy (non-hydrogen) atoms. The van der Waals surface area contributed by atoms with E-state index in [0.717, 1.165) is 4.90 Å². The normalized spacial score (nSPS) is 19.4. The van der Waals surface area contributed by atoms with E-state index in [2.05, 4.69) is 36.6 Å². The monoisotopic (exact) mass is 439 g/mol. The Balaban J connectivity index is 2.37. The fraction of sp³-hybridized carbons (Fsp3) is 0.273. The number of hydrogen-bond donors (Lipinski definition) is 2. The second kappa shape index (κ2) is 5.67. The number of benzene rings is 1. The lowest BCUT2D eigenvalue weighted by molar-refractivity contribution is -0.137. The molecular weight excluding hydrogens is 430 g/mol. The van der Waals surface area contributed by atoms with Crippen molar-refractivity contribution in [1.29, 1.82) is 0 Å². The Labute approximate surface area is 138 Å². The zero-order chi connectivity index (χ0) is 15.9. The molecule has 1 fully saturated rings. The average Bonchev–Trinajstić information content (AvgIpc) is 2.54. The number of amides is 2. The minimum Gasteiger partial charge on any atom is -0.399 e. The van der Waals surface area contributed by atoms with Gasteiger partial charge in [0.2, 0.25) is 21.8 Å². The Morgan fingerprint density at radius 1 is 1.29 bits per heavy atom. The number of anilines is 1. The average molecular weight is 441 g/mol. The van der Waals surface area contributed by atoms with Crippen LogP contribution in [-0.4, -0.2) is 38.2 Å². The highest BCUT2D eigenvalue weighted by Gasteiger charge is 2.39. The fourth-order valence-electron chi connectivity index (χ4n) is 1.93. The summed E-state index contributed by atoms with van der Waals surface area (Å²) in [6.45, 7) is 0. The highest BCUT2D eigenvalue weighted by Crippen LogP contribution is 2.32. The van der Waals surface area contributed by atoms with E-state index in [-0.39, 0.29) is 20.3 Å². The van der Waals surface area contributed by atoms with E-state index in [1.54, 1.807) is 0 Å². The fourth-order valence-corrected chi connectivity index (χ4v) is 5.74. The molecule has 0 spiro atoms. The van der Waals surface area contributed by atoms with Crippen LogP contribution in [0, 0.1) is 0 Å². The predicted molar refractivity (Wildman–Crippen MR) is 82.8 cm³/mol. The van der Waals surface area contributed by atoms with Crippen molar-refractivity contribution in [3.63, 3.8) is 0 Å². The molecule has 0 radical (unpaired) electrons. The number of nitrogens with two attached hydrogens (primary N) is 1. The lowest BCUT2D eigenvalue weighted by Crippen LogP contribution is -2.40. The molecule has 1 saturated heterocycles. The summed E-state index contributed by atoms with van der Waals surface area (Å²) in [5.41, 5.74) is 5.99. The first kappa shape index (κ1) is 16.4. The summed E-state index contributed by atoms with van der Waals surface area (Å²) < 4.78 is 27.6. The number of nitrogens with zero attached hydrogens (tertiary/aromatic N) is 1. The van der Waals surface area contributed by atoms with Crippen molar-refractivity contribution < 1.29 is 18.0 Å². The second-order valence-corrected chi connectivity index (χ2v) is 7.84. The Morgan fingerprint density at radius 2 is 1.81 bits per heavy atom. The molecule has 1 atom stereocenters. The van der Waals surface area contributed by atoms with Gasteiger partial charge in [0, 0.05) is 21.7 Å². The van der Waals surface area contributed by atoms with Crippen LogP contribution in [-0.2, 0) is 19.6 Å². The molecule has 0 saturated carbocycles. The first-order chi connectivity index (χ1) is 9.63. The van der Waals surface area contributed by atoms with Crippen molar-refractivity contribution >= 4 is 59.4 Å². The van der Waals surface area contributed by atoms with E-state index in [4.69, 9.17) is 5.73 Å². The summed E-state index contributed by atoms with van der Waals surface area (Å²) in [5, 5.41) is 0. The molecule has 1 aromatic carbocycles. The van der Waals surface area contributed by atoms with E-state index >= 15 is 0 Å². The van der Waals surface area contributed by atoms with Gasteiger partial charge in [0.15, 0.2) is 0 Å². The maximum Gasteiger partial charge on any atom is 0.247 e. The third kappa shape index (κ3) is 3.12. The van der Waals surface area contributed by atoms with Crippen LogP contribution in [0.3, 0.4) is 0 Å². The molecular formula is C11H11Br2N3O4S. The van der Waals surface area contributed by atoms with Crippen LogP contribution in [0.5, 0.6) is 0 Å². The van der Waals surface area contributed by atoms with E-state index in [1.165, 1.54) is 19.2 Å². The lowest BCUT2D eigenvalue weighted by Gasteiger charge is -2.14. The molecule has 10 heteroatoms. The van der Waals surface area contributed by atoms with Crippen LogP contribution in [0.1, 0.15) is 6.42 Å². The van der Waals surface area contributed by atoms with Crippen LogP contribution in [0.15, 0.2) is 26.0 Å². The largest absolute Gasteiger partial charge is 0.399 e. The van der Waals surface area contributed by atoms with Gasteiger partial charge in [0.25, 0.3) is 0 Å². The molecule has 2 amide bonds. The summed E-state index contributed by atoms with van der Waals surface area (Å²) in [6, 6.07) is 1.78. The number of sulfonamides is 1. The quantitative estimate of drug-likeness (QED) is 0.534. The minimum atomic E-state index is -4.00. The maximum absolute atomic E-state index is 12.4. The molecule has 1 heterocycles. The number of carbonyl (C=O) groups excluding carboxylic acids is 2. The molecule has 0 aromatic heterocycles. The van der Waals surface area contributed by atoms with E-state index in [1.807, 2.05) is 0 Å². The number of halogens is 2. The number of likely N-dealkylation sites (N-methyl/N-ethyl adjacent to an activating group) is 1. The molecule has 1 aliphatic heterocycles. The van der Waals surface area contributed by atoms with Gasteiger partial charge < -0.3 is 5.73 Å². The first-order valence-electron chi connectivity index (χ1n) is 5.70. The van der Waals surface area contributed by atoms with Crippen molar-refractivity contribution in [3.05, 3.63) is 21.1 Å². The van der Waals surface area contributed by atoms with Gasteiger partial charge in [-0.15, -0.1) is 0 Å². The molecule has 7 nitrogen and oxygen atoms in total. The van der Waals surface area contributed by atoms with Crippen LogP contribution >= 0.6 is 31.9 Å². The number of nitrogens with one attached hydrogen (secondary N) is 1. The van der Waals surface area contributed by atoms with Gasteiger partial charge in [-0.05, 0) is 44.0 Å². The highest BCUT2D eigenvalue weighted by molar-refractivity contribution is 9.11. The number of rotatable bonds is 3. The smallest absolute Gasteiger partial charge is 0.247 e. The van der Waals surface area contributed by atoms with Gasteiger partial charge in [-0.2, -0.15) is 4.72 Å². The molecule has 114 valence electrons. The van der Waals surface area contributed by atoms with Crippen LogP contribution < -0.4 is 10.5 Å². The predicted octanol–water partition coefficient (Wildman–Crippen LogP) is 0.829. The molecule has 0 bridgehead atoms. The Hall–Kier alpha value is -0.970. The van der Waals surface area contributed by atoms with Gasteiger partial charge in [-0.3, -0.25) is 14.5 Å². The van der Waals surface area contributed by atoms with Gasteiger partial charge in [0.05, 0.1) is 6.42 Å². The van der Waals surface area contributed by atoms with Crippen molar-refractivity contribution in [2.24, 2.45) is 0 Å². The van der Waals surface area contributed by atoms with Crippen LogP contribution in [0.2, 0.25) is 0 Å². The number of carbonyl (C=O) groups is 2. The van der Waals surface area contributed by atoms with Gasteiger partial charge in [-0.25, -0.2) is 8.42 Å². The lowest BCUT2D eigenvalue weighted by atomic mass is 10.3. The van der Waals surface area contributed by atoms with Gasteiger partial charge in [-0.1, -0.05) is 0 Å². The molecule has 1 aliphatic rings. The highest BCUT2D eigenvalue weighted by atomic mass is 79.9. The van der Waals surface area contributed by atoms with E-state index < -0.39 is 27.9 Å². The Kier molecular flexibility index (Phi) is 4.43. The van der Waals surface area contributed by atoms with Crippen molar-refractivity contribution in [1.82, 2.24) is 9.62 Å². The Bertz CT molecular complexity index is 712. The number of likely N-dealkylation sites (tertiary alicyclic amines) is 1. The van der Waals surface area contributed by atoms with Gasteiger partial charge >= 0.3 is 0 Å². The van der Waals surface area contributed by atoms with Crippen LogP contribution in [0.25, 0.3) is 0 Å². The number of nitrogen functional groups attached to an aromatic ring is 1. The number of hydrogen-bond acceptors (Lipinski definition) is 5. The standard InChI is InChI=1S/C11H11Br2N3O4S/c1-16-9(17)4-8(11(16)18)15-21(19,20)10-6(12)2-5(14)3-7(10)13/h2-3,8,15H,4,14H2,1H3. The van der Waals surface area contributed by atoms with Crippen molar-refractivity contribution in [2.45, 2.75) is 17.4 Å².